The molecular formula is C24H41N6O8PSi. The van der Waals surface area contributed by atoms with Gasteiger partial charge in [0.1, 0.15) is 35.7 Å². The number of carbonyl (C=O) groups excluding carboxylic acids is 1. The normalized spacial score (nSPS) is 30.6. The highest BCUT2D eigenvalue weighted by molar-refractivity contribution is 7.51. The second kappa shape index (κ2) is 11.0. The lowest BCUT2D eigenvalue weighted by molar-refractivity contribution is -0.150. The van der Waals surface area contributed by atoms with Crippen molar-refractivity contribution >= 4 is 39.0 Å². The average Bonchev–Trinajstić information content (AvgIpc) is 3.35. The zero-order valence-corrected chi connectivity index (χ0v) is 26.4. The van der Waals surface area contributed by atoms with Gasteiger partial charge < -0.3 is 24.4 Å². The molecule has 2 aromatic rings. The number of nitrogens with zero attached hydrogens (tertiary/aromatic N) is 4. The van der Waals surface area contributed by atoms with Gasteiger partial charge in [0.2, 0.25) is 0 Å². The van der Waals surface area contributed by atoms with Crippen molar-refractivity contribution in [3.63, 3.8) is 0 Å². The number of hydrogen-bond donors (Lipinski definition) is 2. The summed E-state index contributed by atoms with van der Waals surface area (Å²) in [6.07, 6.45) is 0.459. The lowest BCUT2D eigenvalue weighted by Gasteiger charge is -2.46. The Kier molecular flexibility index (Phi) is 8.54. The van der Waals surface area contributed by atoms with Crippen LogP contribution >= 0.6 is 7.75 Å². The van der Waals surface area contributed by atoms with Crippen LogP contribution in [0.25, 0.3) is 11.2 Å². The second-order valence-electron chi connectivity index (χ2n) is 12.1. The molecule has 4 heterocycles. The summed E-state index contributed by atoms with van der Waals surface area (Å²) in [6.45, 7) is 17.0. The van der Waals surface area contributed by atoms with E-state index in [0.717, 1.165) is 0 Å². The molecule has 2 aliphatic rings. The number of rotatable bonds is 7. The third-order valence-electron chi connectivity index (χ3n) is 7.55. The minimum absolute atomic E-state index is 0.128. The van der Waals surface area contributed by atoms with Gasteiger partial charge in [-0.25, -0.2) is 24.6 Å². The molecule has 14 nitrogen and oxygen atoms in total. The Bertz CT molecular complexity index is 1290. The van der Waals surface area contributed by atoms with Gasteiger partial charge in [0.15, 0.2) is 32.8 Å². The molecule has 0 spiro atoms. The second-order valence-corrected chi connectivity index (χ2v) is 18.6. The van der Waals surface area contributed by atoms with E-state index in [-0.39, 0.29) is 23.6 Å². The van der Waals surface area contributed by atoms with Crippen LogP contribution in [0.15, 0.2) is 12.7 Å². The molecule has 40 heavy (non-hydrogen) atoms. The number of esters is 1. The number of anilines is 1. The van der Waals surface area contributed by atoms with E-state index in [4.69, 9.17) is 33.4 Å². The summed E-state index contributed by atoms with van der Waals surface area (Å²) in [5.41, 5.74) is 5.89. The first-order valence-electron chi connectivity index (χ1n) is 13.2. The molecule has 2 aliphatic heterocycles. The quantitative estimate of drug-likeness (QED) is 0.269. The third kappa shape index (κ3) is 5.97. The molecule has 2 fully saturated rings. The molecular weight excluding hydrogens is 559 g/mol. The number of aromatic nitrogens is 4. The molecule has 4 unspecified atom stereocenters. The number of ether oxygens (including phenoxy) is 3. The summed E-state index contributed by atoms with van der Waals surface area (Å²) in [6, 6.07) is -0.949. The van der Waals surface area contributed by atoms with E-state index in [9.17, 15) is 9.36 Å². The molecule has 224 valence electrons. The van der Waals surface area contributed by atoms with E-state index >= 15 is 0 Å². The first-order valence-corrected chi connectivity index (χ1v) is 17.7. The van der Waals surface area contributed by atoms with Crippen molar-refractivity contribution in [3.8, 4) is 0 Å². The van der Waals surface area contributed by atoms with Crippen LogP contribution in [0.3, 0.4) is 0 Å². The van der Waals surface area contributed by atoms with Crippen LogP contribution < -0.4 is 10.8 Å². The van der Waals surface area contributed by atoms with Crippen molar-refractivity contribution in [3.05, 3.63) is 12.7 Å². The van der Waals surface area contributed by atoms with E-state index < -0.39 is 58.9 Å². The summed E-state index contributed by atoms with van der Waals surface area (Å²) in [5, 5.41) is 2.50. The highest BCUT2D eigenvalue weighted by Gasteiger charge is 2.61. The van der Waals surface area contributed by atoms with Gasteiger partial charge in [-0.2, -0.15) is 0 Å². The van der Waals surface area contributed by atoms with E-state index in [1.165, 1.54) is 13.3 Å². The smallest absolute Gasteiger partial charge is 0.408 e. The van der Waals surface area contributed by atoms with Gasteiger partial charge >= 0.3 is 13.7 Å². The molecule has 6 atom stereocenters. The van der Waals surface area contributed by atoms with Crippen molar-refractivity contribution in [2.45, 2.75) is 103 Å². The topological polar surface area (TPSA) is 171 Å². The molecule has 0 radical (unpaired) electrons. The van der Waals surface area contributed by atoms with Crippen molar-refractivity contribution in [1.82, 2.24) is 24.6 Å². The maximum absolute atomic E-state index is 13.5. The summed E-state index contributed by atoms with van der Waals surface area (Å²) in [4.78, 5) is 25.1. The monoisotopic (exact) mass is 600 g/mol. The van der Waals surface area contributed by atoms with Gasteiger partial charge in [0, 0.05) is 0 Å². The molecule has 0 bridgehead atoms. The Hall–Kier alpha value is -1.97. The molecule has 3 N–H and O–H groups in total. The van der Waals surface area contributed by atoms with Crippen LogP contribution in [0.4, 0.5) is 5.82 Å². The van der Waals surface area contributed by atoms with Gasteiger partial charge in [-0.05, 0) is 45.8 Å². The number of carbonyl (C=O) groups is 1. The van der Waals surface area contributed by atoms with Gasteiger partial charge in [0.25, 0.3) is 0 Å². The van der Waals surface area contributed by atoms with E-state index in [0.29, 0.717) is 11.2 Å². The predicted octanol–water partition coefficient (Wildman–Crippen LogP) is 3.51. The van der Waals surface area contributed by atoms with Gasteiger partial charge in [-0.1, -0.05) is 20.8 Å². The van der Waals surface area contributed by atoms with Crippen LogP contribution in [-0.4, -0.2) is 77.2 Å². The Morgan fingerprint density at radius 3 is 2.60 bits per heavy atom. The zero-order chi connectivity index (χ0) is 29.7. The van der Waals surface area contributed by atoms with E-state index in [1.807, 2.05) is 6.92 Å². The molecule has 2 aromatic heterocycles. The van der Waals surface area contributed by atoms with E-state index in [2.05, 4.69) is 53.9 Å². The summed E-state index contributed by atoms with van der Waals surface area (Å²) >= 11 is 0. The summed E-state index contributed by atoms with van der Waals surface area (Å²) in [5.74, 6) is -0.344. The summed E-state index contributed by atoms with van der Waals surface area (Å²) < 4.78 is 51.5. The molecule has 0 aromatic carbocycles. The first kappa shape index (κ1) is 31.0. The van der Waals surface area contributed by atoms with Crippen molar-refractivity contribution < 1.29 is 37.0 Å². The fourth-order valence-corrected chi connectivity index (χ4v) is 7.53. The Balaban J connectivity index is 1.66. The largest absolute Gasteiger partial charge is 0.462 e. The molecule has 0 saturated carbocycles. The SMILES string of the molecule is CC(C)OC(=O)C(C)NP1(=O)OCOC2[C@@H](CO1)O[C@@H](n1cnc3c(N)ncnc31)C2(C)O[Si](C)(C)C(C)(C)C. The van der Waals surface area contributed by atoms with Crippen LogP contribution in [0.2, 0.25) is 18.1 Å². The summed E-state index contributed by atoms with van der Waals surface area (Å²) in [7, 11) is -6.37. The Labute approximate surface area is 235 Å². The maximum Gasteiger partial charge on any atom is 0.408 e. The standard InChI is InChI=1S/C24H41N6O8PSi/c1-14(2)36-21(31)15(3)29-39(32)34-10-16-18(33-13-35-39)24(7,38-40(8,9)23(4,5)6)22(37-16)30-12-28-17-19(25)26-11-27-20(17)30/h11-12,14-16,18,22H,10,13H2,1-9H3,(H,29,32)(H2,25,26,27)/t15?,16-,18?,22-,24?,39?/m1/s1. The van der Waals surface area contributed by atoms with E-state index in [1.54, 1.807) is 24.7 Å². The molecule has 4 rings (SSSR count). The van der Waals surface area contributed by atoms with Crippen LogP contribution in [0.1, 0.15) is 54.7 Å². The first-order chi connectivity index (χ1) is 18.5. The lowest BCUT2D eigenvalue weighted by atomic mass is 9.96. The number of hydrogen-bond acceptors (Lipinski definition) is 12. The zero-order valence-electron chi connectivity index (χ0n) is 24.5. The maximum atomic E-state index is 13.5. The molecule has 2 saturated heterocycles. The van der Waals surface area contributed by atoms with Gasteiger partial charge in [-0.3, -0.25) is 18.4 Å². The predicted molar refractivity (Wildman–Crippen MR) is 149 cm³/mol. The van der Waals surface area contributed by atoms with Crippen LogP contribution in [0, 0.1) is 0 Å². The molecule has 0 aliphatic carbocycles. The average molecular weight is 601 g/mol. The highest BCUT2D eigenvalue weighted by atomic mass is 31.2. The fourth-order valence-electron chi connectivity index (χ4n) is 4.56. The van der Waals surface area contributed by atoms with Crippen molar-refractivity contribution in [2.24, 2.45) is 0 Å². The minimum atomic E-state index is -3.97. The fraction of sp³-hybridized carbons (Fsp3) is 0.750. The molecule has 16 heteroatoms. The Morgan fingerprint density at radius 2 is 1.95 bits per heavy atom. The Morgan fingerprint density at radius 1 is 1.25 bits per heavy atom. The lowest BCUT2D eigenvalue weighted by Crippen LogP contribution is -2.57. The number of nitrogen functional groups attached to an aromatic ring is 1. The highest BCUT2D eigenvalue weighted by Crippen LogP contribution is 2.52. The van der Waals surface area contributed by atoms with Gasteiger partial charge in [0.05, 0.1) is 19.0 Å². The minimum Gasteiger partial charge on any atom is -0.462 e. The number of nitrogens with one attached hydrogen (secondary N) is 1. The third-order valence-corrected chi connectivity index (χ3v) is 13.8. The molecule has 0 amide bonds. The van der Waals surface area contributed by atoms with Crippen molar-refractivity contribution in [2.75, 3.05) is 19.1 Å². The number of imidazole rings is 1. The van der Waals surface area contributed by atoms with Crippen molar-refractivity contribution in [1.29, 1.82) is 0 Å². The number of nitrogens with two attached hydrogens (primary N) is 1. The van der Waals surface area contributed by atoms with Crippen LogP contribution in [0.5, 0.6) is 0 Å². The van der Waals surface area contributed by atoms with Crippen LogP contribution in [-0.2, 0) is 37.0 Å². The number of fused-ring (bicyclic) bond motifs is 2. The van der Waals surface area contributed by atoms with Gasteiger partial charge in [-0.15, -0.1) is 0 Å².